The molecule has 1 aliphatic carbocycles. The van der Waals surface area contributed by atoms with Gasteiger partial charge in [0.1, 0.15) is 6.10 Å². The van der Waals surface area contributed by atoms with Gasteiger partial charge >= 0.3 is 0 Å². The zero-order valence-corrected chi connectivity index (χ0v) is 5.80. The number of ether oxygens (including phenoxy) is 1. The molecule has 1 saturated carbocycles. The minimum atomic E-state index is 0.222. The van der Waals surface area contributed by atoms with Gasteiger partial charge in [-0.15, -0.1) is 0 Å². The molecule has 0 aromatic rings. The van der Waals surface area contributed by atoms with Gasteiger partial charge in [0.15, 0.2) is 0 Å². The number of hydrogen-bond acceptors (Lipinski definition) is 3. The summed E-state index contributed by atoms with van der Waals surface area (Å²) in [5.74, 6) is 0. The quantitative estimate of drug-likeness (QED) is 0.546. The van der Waals surface area contributed by atoms with E-state index in [1.54, 1.807) is 0 Å². The zero-order chi connectivity index (χ0) is 7.03. The number of carbonyl (C=O) groups excluding carboxylic acids is 1. The summed E-state index contributed by atoms with van der Waals surface area (Å²) in [5.41, 5.74) is 0.522. The Kier molecular flexibility index (Phi) is 1.20. The lowest BCUT2D eigenvalue weighted by molar-refractivity contribution is -0.149. The Labute approximate surface area is 59.7 Å². The molecule has 56 valence electrons. The molecule has 0 aromatic carbocycles. The lowest BCUT2D eigenvalue weighted by Crippen LogP contribution is -2.62. The number of carbonyl (C=O) groups is 1. The van der Waals surface area contributed by atoms with Gasteiger partial charge in [-0.1, -0.05) is 0 Å². The van der Waals surface area contributed by atoms with Crippen molar-refractivity contribution in [2.24, 2.45) is 5.41 Å². The van der Waals surface area contributed by atoms with Gasteiger partial charge in [-0.05, 0) is 12.8 Å². The first-order chi connectivity index (χ1) is 4.85. The molecule has 1 aliphatic heterocycles. The first-order valence-electron chi connectivity index (χ1n) is 3.64. The second kappa shape index (κ2) is 1.95. The standard InChI is InChI=1S/C7H11NO2/c9-5-10-6-1-7(2-6)3-8-4-7/h5-6,8H,1-4H2. The molecule has 0 atom stereocenters. The minimum absolute atomic E-state index is 0.222. The molecule has 0 amide bonds. The summed E-state index contributed by atoms with van der Waals surface area (Å²) in [4.78, 5) is 9.89. The van der Waals surface area contributed by atoms with Crippen LogP contribution < -0.4 is 5.32 Å². The maximum Gasteiger partial charge on any atom is 0.293 e. The van der Waals surface area contributed by atoms with E-state index >= 15 is 0 Å². The van der Waals surface area contributed by atoms with Crippen LogP contribution in [0.1, 0.15) is 12.8 Å². The molecule has 3 heteroatoms. The molecular weight excluding hydrogens is 130 g/mol. The Balaban J connectivity index is 1.77. The SMILES string of the molecule is O=COC1CC2(CNC2)C1. The maximum atomic E-state index is 9.89. The number of hydrogen-bond donors (Lipinski definition) is 1. The minimum Gasteiger partial charge on any atom is -0.465 e. The van der Waals surface area contributed by atoms with Crippen LogP contribution in [0.4, 0.5) is 0 Å². The van der Waals surface area contributed by atoms with Crippen LogP contribution in [-0.4, -0.2) is 25.7 Å². The maximum absolute atomic E-state index is 9.89. The summed E-state index contributed by atoms with van der Waals surface area (Å²) >= 11 is 0. The van der Waals surface area contributed by atoms with Gasteiger partial charge in [0, 0.05) is 18.5 Å². The molecular formula is C7H11NO2. The second-order valence-corrected chi connectivity index (χ2v) is 3.37. The molecule has 10 heavy (non-hydrogen) atoms. The lowest BCUT2D eigenvalue weighted by Gasteiger charge is -2.53. The lowest BCUT2D eigenvalue weighted by atomic mass is 9.63. The van der Waals surface area contributed by atoms with Crippen molar-refractivity contribution in [2.45, 2.75) is 18.9 Å². The van der Waals surface area contributed by atoms with E-state index in [9.17, 15) is 4.79 Å². The molecule has 0 bridgehead atoms. The molecule has 1 N–H and O–H groups in total. The van der Waals surface area contributed by atoms with Gasteiger partial charge in [0.05, 0.1) is 0 Å². The summed E-state index contributed by atoms with van der Waals surface area (Å²) in [6.45, 7) is 2.79. The van der Waals surface area contributed by atoms with Gasteiger partial charge in [0.2, 0.25) is 0 Å². The summed E-state index contributed by atoms with van der Waals surface area (Å²) in [7, 11) is 0. The van der Waals surface area contributed by atoms with Crippen molar-refractivity contribution in [3.05, 3.63) is 0 Å². The molecule has 1 heterocycles. The third-order valence-electron chi connectivity index (χ3n) is 2.57. The Bertz CT molecular complexity index is 146. The highest BCUT2D eigenvalue weighted by molar-refractivity contribution is 5.38. The van der Waals surface area contributed by atoms with E-state index in [4.69, 9.17) is 4.74 Å². The molecule has 1 saturated heterocycles. The molecule has 1 spiro atoms. The first-order valence-corrected chi connectivity index (χ1v) is 3.64. The van der Waals surface area contributed by atoms with Crippen molar-refractivity contribution in [2.75, 3.05) is 13.1 Å². The number of nitrogens with one attached hydrogen (secondary N) is 1. The van der Waals surface area contributed by atoms with E-state index < -0.39 is 0 Å². The predicted molar refractivity (Wildman–Crippen MR) is 35.5 cm³/mol. The Hall–Kier alpha value is -0.570. The average molecular weight is 141 g/mol. The average Bonchev–Trinajstić information content (AvgIpc) is 1.72. The monoisotopic (exact) mass is 141 g/mol. The van der Waals surface area contributed by atoms with Crippen molar-refractivity contribution < 1.29 is 9.53 Å². The van der Waals surface area contributed by atoms with Crippen LogP contribution in [0.2, 0.25) is 0 Å². The van der Waals surface area contributed by atoms with Crippen LogP contribution in [-0.2, 0) is 9.53 Å². The highest BCUT2D eigenvalue weighted by atomic mass is 16.5. The van der Waals surface area contributed by atoms with Gasteiger partial charge < -0.3 is 10.1 Å². The fraction of sp³-hybridized carbons (Fsp3) is 0.857. The van der Waals surface area contributed by atoms with Crippen LogP contribution in [0.15, 0.2) is 0 Å². The fourth-order valence-corrected chi connectivity index (χ4v) is 1.85. The van der Waals surface area contributed by atoms with Crippen LogP contribution >= 0.6 is 0 Å². The highest BCUT2D eigenvalue weighted by Crippen LogP contribution is 2.45. The molecule has 0 radical (unpaired) electrons. The molecule has 0 unspecified atom stereocenters. The molecule has 2 rings (SSSR count). The van der Waals surface area contributed by atoms with Crippen molar-refractivity contribution in [3.63, 3.8) is 0 Å². The van der Waals surface area contributed by atoms with Crippen LogP contribution in [0, 0.1) is 5.41 Å². The van der Waals surface area contributed by atoms with Crippen LogP contribution in [0.3, 0.4) is 0 Å². The van der Waals surface area contributed by atoms with E-state index in [2.05, 4.69) is 5.32 Å². The number of rotatable bonds is 2. The molecule has 2 fully saturated rings. The van der Waals surface area contributed by atoms with Gasteiger partial charge in [-0.2, -0.15) is 0 Å². The largest absolute Gasteiger partial charge is 0.465 e. The summed E-state index contributed by atoms with van der Waals surface area (Å²) in [5, 5.41) is 3.22. The van der Waals surface area contributed by atoms with Crippen LogP contribution in [0.5, 0.6) is 0 Å². The molecule has 0 aromatic heterocycles. The van der Waals surface area contributed by atoms with Crippen molar-refractivity contribution in [3.8, 4) is 0 Å². The summed E-state index contributed by atoms with van der Waals surface area (Å²) in [6, 6.07) is 0. The van der Waals surface area contributed by atoms with E-state index in [1.165, 1.54) is 0 Å². The molecule has 2 aliphatic rings. The first kappa shape index (κ1) is 6.16. The van der Waals surface area contributed by atoms with Crippen molar-refractivity contribution >= 4 is 6.47 Å². The van der Waals surface area contributed by atoms with E-state index in [0.29, 0.717) is 11.9 Å². The predicted octanol–water partition coefficient (Wildman–Crippen LogP) is -0.0886. The van der Waals surface area contributed by atoms with Gasteiger partial charge in [-0.3, -0.25) is 4.79 Å². The highest BCUT2D eigenvalue weighted by Gasteiger charge is 2.49. The van der Waals surface area contributed by atoms with E-state index in [1.807, 2.05) is 0 Å². The Morgan fingerprint density at radius 1 is 1.50 bits per heavy atom. The summed E-state index contributed by atoms with van der Waals surface area (Å²) < 4.78 is 4.80. The van der Waals surface area contributed by atoms with Crippen molar-refractivity contribution in [1.82, 2.24) is 5.32 Å². The fourth-order valence-electron chi connectivity index (χ4n) is 1.85. The zero-order valence-electron chi connectivity index (χ0n) is 5.80. The Morgan fingerprint density at radius 2 is 2.20 bits per heavy atom. The third-order valence-corrected chi connectivity index (χ3v) is 2.57. The normalized spacial score (nSPS) is 28.8. The van der Waals surface area contributed by atoms with E-state index in [0.717, 1.165) is 25.9 Å². The topological polar surface area (TPSA) is 38.3 Å². The van der Waals surface area contributed by atoms with Gasteiger partial charge in [-0.25, -0.2) is 0 Å². The third kappa shape index (κ3) is 0.736. The smallest absolute Gasteiger partial charge is 0.293 e. The van der Waals surface area contributed by atoms with Crippen molar-refractivity contribution in [1.29, 1.82) is 0 Å². The van der Waals surface area contributed by atoms with Gasteiger partial charge in [0.25, 0.3) is 6.47 Å². The molecule has 3 nitrogen and oxygen atoms in total. The Morgan fingerprint density at radius 3 is 2.60 bits per heavy atom. The van der Waals surface area contributed by atoms with Crippen LogP contribution in [0.25, 0.3) is 0 Å². The second-order valence-electron chi connectivity index (χ2n) is 3.37. The summed E-state index contributed by atoms with van der Waals surface area (Å²) in [6.07, 6.45) is 2.36. The van der Waals surface area contributed by atoms with E-state index in [-0.39, 0.29) is 6.10 Å².